The molecule has 0 rings (SSSR count). The van der Waals surface area contributed by atoms with Gasteiger partial charge in [0.1, 0.15) is 5.60 Å². The molecular formula is C13H24O2. The summed E-state index contributed by atoms with van der Waals surface area (Å²) in [6.07, 6.45) is 7.37. The van der Waals surface area contributed by atoms with Gasteiger partial charge in [0, 0.05) is 0 Å². The molecule has 15 heavy (non-hydrogen) atoms. The molecule has 0 aliphatic heterocycles. The zero-order chi connectivity index (χ0) is 11.7. The molecule has 0 aromatic rings. The van der Waals surface area contributed by atoms with Gasteiger partial charge >= 0.3 is 0 Å². The van der Waals surface area contributed by atoms with Gasteiger partial charge in [-0.25, -0.2) is 0 Å². The molecule has 0 saturated heterocycles. The van der Waals surface area contributed by atoms with Gasteiger partial charge in [0.25, 0.3) is 6.47 Å². The molecule has 0 radical (unpaired) electrons. The predicted molar refractivity (Wildman–Crippen MR) is 63.7 cm³/mol. The molecule has 0 fully saturated rings. The van der Waals surface area contributed by atoms with Gasteiger partial charge in [0.05, 0.1) is 0 Å². The molecule has 2 nitrogen and oxygen atoms in total. The van der Waals surface area contributed by atoms with Gasteiger partial charge in [0.2, 0.25) is 0 Å². The summed E-state index contributed by atoms with van der Waals surface area (Å²) in [4.78, 5) is 10.3. The van der Waals surface area contributed by atoms with Crippen LogP contribution in [-0.4, -0.2) is 12.1 Å². The molecule has 2 atom stereocenters. The Morgan fingerprint density at radius 3 is 2.60 bits per heavy atom. The summed E-state index contributed by atoms with van der Waals surface area (Å²) in [7, 11) is 0. The number of hydrogen-bond donors (Lipinski definition) is 0. The van der Waals surface area contributed by atoms with Crippen LogP contribution in [-0.2, 0) is 9.53 Å². The van der Waals surface area contributed by atoms with Crippen molar-refractivity contribution in [3.8, 4) is 0 Å². The van der Waals surface area contributed by atoms with E-state index in [1.165, 1.54) is 19.3 Å². The van der Waals surface area contributed by atoms with Crippen molar-refractivity contribution in [3.63, 3.8) is 0 Å². The Balaban J connectivity index is 3.80. The molecule has 0 aliphatic carbocycles. The fraction of sp³-hybridized carbons (Fsp3) is 0.769. The van der Waals surface area contributed by atoms with Crippen molar-refractivity contribution in [2.75, 3.05) is 0 Å². The van der Waals surface area contributed by atoms with E-state index in [1.54, 1.807) is 6.08 Å². The van der Waals surface area contributed by atoms with Gasteiger partial charge in [-0.05, 0) is 31.8 Å². The Hall–Kier alpha value is -0.790. The highest BCUT2D eigenvalue weighted by atomic mass is 16.5. The first-order valence-electron chi connectivity index (χ1n) is 5.83. The average Bonchev–Trinajstić information content (AvgIpc) is 2.18. The van der Waals surface area contributed by atoms with Gasteiger partial charge in [-0.2, -0.15) is 0 Å². The predicted octanol–water partition coefficient (Wildman–Crippen LogP) is 3.71. The maximum absolute atomic E-state index is 10.3. The minimum Gasteiger partial charge on any atom is -0.457 e. The van der Waals surface area contributed by atoms with E-state index < -0.39 is 5.60 Å². The lowest BCUT2D eigenvalue weighted by atomic mass is 9.93. The van der Waals surface area contributed by atoms with E-state index in [0.29, 0.717) is 6.47 Å². The largest absolute Gasteiger partial charge is 0.457 e. The van der Waals surface area contributed by atoms with E-state index >= 15 is 0 Å². The van der Waals surface area contributed by atoms with Crippen LogP contribution in [0.15, 0.2) is 12.7 Å². The Bertz CT molecular complexity index is 189. The van der Waals surface area contributed by atoms with Crippen molar-refractivity contribution < 1.29 is 9.53 Å². The van der Waals surface area contributed by atoms with Gasteiger partial charge in [-0.15, -0.1) is 0 Å². The Morgan fingerprint density at radius 2 is 2.13 bits per heavy atom. The fourth-order valence-electron chi connectivity index (χ4n) is 1.76. The second-order valence-electron chi connectivity index (χ2n) is 4.52. The highest BCUT2D eigenvalue weighted by Gasteiger charge is 2.20. The molecular weight excluding hydrogens is 188 g/mol. The monoisotopic (exact) mass is 212 g/mol. The molecule has 0 heterocycles. The fourth-order valence-corrected chi connectivity index (χ4v) is 1.76. The maximum Gasteiger partial charge on any atom is 0.293 e. The van der Waals surface area contributed by atoms with Crippen molar-refractivity contribution in [1.82, 2.24) is 0 Å². The summed E-state index contributed by atoms with van der Waals surface area (Å²) in [5, 5.41) is 0. The molecule has 0 spiro atoms. The molecule has 0 amide bonds. The first kappa shape index (κ1) is 14.2. The normalized spacial score (nSPS) is 16.5. The van der Waals surface area contributed by atoms with E-state index in [2.05, 4.69) is 20.4 Å². The van der Waals surface area contributed by atoms with Crippen molar-refractivity contribution in [3.05, 3.63) is 12.7 Å². The molecule has 0 aliphatic rings. The van der Waals surface area contributed by atoms with E-state index in [9.17, 15) is 4.79 Å². The molecule has 0 N–H and O–H groups in total. The lowest BCUT2D eigenvalue weighted by Crippen LogP contribution is -2.25. The van der Waals surface area contributed by atoms with Gasteiger partial charge < -0.3 is 4.74 Å². The van der Waals surface area contributed by atoms with Crippen LogP contribution in [0.1, 0.15) is 52.9 Å². The van der Waals surface area contributed by atoms with E-state index in [1.807, 2.05) is 6.92 Å². The van der Waals surface area contributed by atoms with Crippen molar-refractivity contribution in [1.29, 1.82) is 0 Å². The number of carbonyl (C=O) groups is 1. The van der Waals surface area contributed by atoms with Gasteiger partial charge in [0.15, 0.2) is 0 Å². The Morgan fingerprint density at radius 1 is 1.47 bits per heavy atom. The molecule has 0 aromatic carbocycles. The second-order valence-corrected chi connectivity index (χ2v) is 4.52. The number of ether oxygens (including phenoxy) is 1. The van der Waals surface area contributed by atoms with Crippen LogP contribution in [0, 0.1) is 5.92 Å². The van der Waals surface area contributed by atoms with E-state index in [-0.39, 0.29) is 0 Å². The third-order valence-corrected chi connectivity index (χ3v) is 2.90. The van der Waals surface area contributed by atoms with Crippen LogP contribution in [0.4, 0.5) is 0 Å². The highest BCUT2D eigenvalue weighted by molar-refractivity contribution is 5.39. The lowest BCUT2D eigenvalue weighted by Gasteiger charge is -2.24. The Labute approximate surface area is 93.7 Å². The number of hydrogen-bond acceptors (Lipinski definition) is 2. The molecule has 2 unspecified atom stereocenters. The molecule has 2 heteroatoms. The third kappa shape index (κ3) is 6.32. The summed E-state index contributed by atoms with van der Waals surface area (Å²) >= 11 is 0. The van der Waals surface area contributed by atoms with Crippen molar-refractivity contribution in [2.24, 2.45) is 5.92 Å². The minimum absolute atomic E-state index is 0.478. The van der Waals surface area contributed by atoms with Crippen molar-refractivity contribution in [2.45, 2.75) is 58.5 Å². The molecule has 0 bridgehead atoms. The molecule has 0 aromatic heterocycles. The number of carbonyl (C=O) groups excluding carboxylic acids is 1. The van der Waals surface area contributed by atoms with Crippen LogP contribution >= 0.6 is 0 Å². The topological polar surface area (TPSA) is 26.3 Å². The van der Waals surface area contributed by atoms with Crippen LogP contribution in [0.5, 0.6) is 0 Å². The summed E-state index contributed by atoms with van der Waals surface area (Å²) in [6, 6.07) is 0. The van der Waals surface area contributed by atoms with Crippen LogP contribution in [0.2, 0.25) is 0 Å². The zero-order valence-electron chi connectivity index (χ0n) is 10.3. The summed E-state index contributed by atoms with van der Waals surface area (Å²) in [5.41, 5.74) is -0.478. The van der Waals surface area contributed by atoms with E-state index in [4.69, 9.17) is 4.74 Å². The first-order valence-corrected chi connectivity index (χ1v) is 5.83. The zero-order valence-corrected chi connectivity index (χ0v) is 10.3. The minimum atomic E-state index is -0.478. The van der Waals surface area contributed by atoms with Gasteiger partial charge in [-0.1, -0.05) is 39.7 Å². The molecule has 88 valence electrons. The van der Waals surface area contributed by atoms with E-state index in [0.717, 1.165) is 18.8 Å². The lowest BCUT2D eigenvalue weighted by molar-refractivity contribution is -0.138. The highest BCUT2D eigenvalue weighted by Crippen LogP contribution is 2.22. The SMILES string of the molecule is C=CC(C)(CCCC(C)CCC)OC=O. The quantitative estimate of drug-likeness (QED) is 0.430. The first-order chi connectivity index (χ1) is 7.08. The average molecular weight is 212 g/mol. The van der Waals surface area contributed by atoms with Crippen LogP contribution in [0.25, 0.3) is 0 Å². The smallest absolute Gasteiger partial charge is 0.293 e. The van der Waals surface area contributed by atoms with Crippen LogP contribution < -0.4 is 0 Å². The maximum atomic E-state index is 10.3. The summed E-state index contributed by atoms with van der Waals surface area (Å²) in [5.74, 6) is 0.764. The molecule has 0 saturated carbocycles. The standard InChI is InChI=1S/C13H24O2/c1-5-8-12(3)9-7-10-13(4,6-2)15-11-14/h6,11-12H,2,5,7-10H2,1,3-4H3. The van der Waals surface area contributed by atoms with Crippen LogP contribution in [0.3, 0.4) is 0 Å². The third-order valence-electron chi connectivity index (χ3n) is 2.90. The van der Waals surface area contributed by atoms with Gasteiger partial charge in [-0.3, -0.25) is 4.79 Å². The summed E-state index contributed by atoms with van der Waals surface area (Å²) < 4.78 is 5.02. The summed E-state index contributed by atoms with van der Waals surface area (Å²) in [6.45, 7) is 10.6. The second kappa shape index (κ2) is 7.49. The Kier molecular flexibility index (Phi) is 7.10. The number of rotatable bonds is 9. The van der Waals surface area contributed by atoms with Crippen molar-refractivity contribution >= 4 is 6.47 Å².